The number of aromatic amines is 1. The van der Waals surface area contributed by atoms with E-state index < -0.39 is 6.04 Å². The molecule has 3 atom stereocenters. The molecule has 2 N–H and O–H groups in total. The standard InChI is InChI=1S/C35H30FN3O3/c36-24-12-16-26(17-13-24)42-27-18-14-25(15-19-27)37-35(41)31-20-23(11-10-22-6-2-1-3-7-22)34-33-29(21-32(40)39(31)34)28-8-4-5-9-30(28)38-33/h1-9,12-19,23,31,34,38H,10-11,20-21H2,(H,37,41). The van der Waals surface area contributed by atoms with Crippen LogP contribution in [-0.2, 0) is 22.4 Å². The number of halogens is 1. The highest BCUT2D eigenvalue weighted by molar-refractivity contribution is 6.00. The number of hydrogen-bond donors (Lipinski definition) is 2. The number of aryl methyl sites for hydroxylation is 1. The van der Waals surface area contributed by atoms with E-state index in [4.69, 9.17) is 4.74 Å². The number of amides is 2. The summed E-state index contributed by atoms with van der Waals surface area (Å²) in [5, 5.41) is 4.11. The summed E-state index contributed by atoms with van der Waals surface area (Å²) in [4.78, 5) is 32.9. The number of para-hydroxylation sites is 1. The fourth-order valence-electron chi connectivity index (χ4n) is 6.54. The van der Waals surface area contributed by atoms with Crippen LogP contribution < -0.4 is 10.1 Å². The van der Waals surface area contributed by atoms with Crippen LogP contribution >= 0.6 is 0 Å². The number of carbonyl (C=O) groups excluding carboxylic acids is 2. The summed E-state index contributed by atoms with van der Waals surface area (Å²) in [6.07, 6.45) is 2.62. The fourth-order valence-corrected chi connectivity index (χ4v) is 6.54. The van der Waals surface area contributed by atoms with Gasteiger partial charge in [0.2, 0.25) is 11.8 Å². The molecule has 2 amide bonds. The van der Waals surface area contributed by atoms with Gasteiger partial charge in [0.1, 0.15) is 23.4 Å². The molecule has 0 radical (unpaired) electrons. The molecule has 1 fully saturated rings. The summed E-state index contributed by atoms with van der Waals surface area (Å²) in [7, 11) is 0. The van der Waals surface area contributed by atoms with Crippen LogP contribution in [-0.4, -0.2) is 27.7 Å². The third kappa shape index (κ3) is 4.91. The number of nitrogens with one attached hydrogen (secondary N) is 2. The van der Waals surface area contributed by atoms with Crippen molar-refractivity contribution in [3.8, 4) is 11.5 Å². The van der Waals surface area contributed by atoms with Gasteiger partial charge in [0, 0.05) is 22.3 Å². The van der Waals surface area contributed by atoms with E-state index in [2.05, 4.69) is 28.5 Å². The minimum atomic E-state index is -0.571. The molecule has 1 saturated heterocycles. The Morgan fingerprint density at radius 3 is 2.36 bits per heavy atom. The molecular formula is C35H30FN3O3. The van der Waals surface area contributed by atoms with Gasteiger partial charge in [0.25, 0.3) is 0 Å². The summed E-state index contributed by atoms with van der Waals surface area (Å²) in [6.45, 7) is 0. The van der Waals surface area contributed by atoms with Crippen LogP contribution in [0.2, 0.25) is 0 Å². The molecule has 0 aliphatic carbocycles. The molecule has 7 rings (SSSR count). The van der Waals surface area contributed by atoms with Crippen molar-refractivity contribution in [3.63, 3.8) is 0 Å². The topological polar surface area (TPSA) is 74.4 Å². The summed E-state index contributed by atoms with van der Waals surface area (Å²) in [5.74, 6) is 0.684. The molecule has 2 aliphatic heterocycles. The highest BCUT2D eigenvalue weighted by Gasteiger charge is 2.51. The molecular weight excluding hydrogens is 529 g/mol. The first-order valence-electron chi connectivity index (χ1n) is 14.3. The number of hydrogen-bond acceptors (Lipinski definition) is 3. The lowest BCUT2D eigenvalue weighted by Crippen LogP contribution is -2.47. The van der Waals surface area contributed by atoms with Crippen LogP contribution in [0.25, 0.3) is 10.9 Å². The van der Waals surface area contributed by atoms with E-state index in [0.717, 1.165) is 35.0 Å². The van der Waals surface area contributed by atoms with Gasteiger partial charge in [-0.2, -0.15) is 0 Å². The molecule has 42 heavy (non-hydrogen) atoms. The van der Waals surface area contributed by atoms with Crippen molar-refractivity contribution in [1.82, 2.24) is 9.88 Å². The SMILES string of the molecule is O=C(Nc1ccc(Oc2ccc(F)cc2)cc1)C1CC(CCc2ccccc2)C2c3[nH]c4ccccc4c3CC(=O)N12. The minimum Gasteiger partial charge on any atom is -0.457 e. The van der Waals surface area contributed by atoms with E-state index in [1.54, 1.807) is 36.4 Å². The Hall–Kier alpha value is -4.91. The summed E-state index contributed by atoms with van der Waals surface area (Å²) in [5.41, 5.74) is 5.01. The molecule has 5 aromatic rings. The van der Waals surface area contributed by atoms with Crippen LogP contribution in [0.15, 0.2) is 103 Å². The van der Waals surface area contributed by atoms with Gasteiger partial charge in [0.05, 0.1) is 12.5 Å². The van der Waals surface area contributed by atoms with Gasteiger partial charge in [-0.25, -0.2) is 4.39 Å². The molecule has 0 saturated carbocycles. The van der Waals surface area contributed by atoms with Crippen molar-refractivity contribution < 1.29 is 18.7 Å². The number of fused-ring (bicyclic) bond motifs is 5. The molecule has 2 aliphatic rings. The Bertz CT molecular complexity index is 1750. The molecule has 0 bridgehead atoms. The van der Waals surface area contributed by atoms with Crippen molar-refractivity contribution in [2.75, 3.05) is 5.32 Å². The lowest BCUT2D eigenvalue weighted by Gasteiger charge is -2.35. The van der Waals surface area contributed by atoms with Crippen LogP contribution in [0.1, 0.15) is 35.7 Å². The van der Waals surface area contributed by atoms with Gasteiger partial charge in [-0.05, 0) is 90.9 Å². The van der Waals surface area contributed by atoms with Gasteiger partial charge < -0.3 is 19.9 Å². The predicted molar refractivity (Wildman–Crippen MR) is 160 cm³/mol. The van der Waals surface area contributed by atoms with E-state index >= 15 is 0 Å². The Morgan fingerprint density at radius 2 is 1.60 bits per heavy atom. The van der Waals surface area contributed by atoms with Gasteiger partial charge in [0.15, 0.2) is 0 Å². The monoisotopic (exact) mass is 559 g/mol. The third-order valence-corrected chi connectivity index (χ3v) is 8.49. The Balaban J connectivity index is 1.13. The maximum absolute atomic E-state index is 13.7. The normalized spacial score (nSPS) is 19.4. The summed E-state index contributed by atoms with van der Waals surface area (Å²) < 4.78 is 19.0. The molecule has 6 nitrogen and oxygen atoms in total. The summed E-state index contributed by atoms with van der Waals surface area (Å²) >= 11 is 0. The maximum atomic E-state index is 13.7. The highest BCUT2D eigenvalue weighted by atomic mass is 19.1. The number of H-pyrrole nitrogens is 1. The Labute approximate surface area is 243 Å². The number of carbonyl (C=O) groups is 2. The minimum absolute atomic E-state index is 0.0114. The smallest absolute Gasteiger partial charge is 0.247 e. The van der Waals surface area contributed by atoms with Crippen molar-refractivity contribution in [2.45, 2.75) is 37.8 Å². The van der Waals surface area contributed by atoms with Crippen molar-refractivity contribution in [1.29, 1.82) is 0 Å². The quantitative estimate of drug-likeness (QED) is 0.222. The largest absolute Gasteiger partial charge is 0.457 e. The van der Waals surface area contributed by atoms with Gasteiger partial charge in [-0.3, -0.25) is 9.59 Å². The Kier molecular flexibility index (Phi) is 6.70. The first-order valence-corrected chi connectivity index (χ1v) is 14.3. The molecule has 3 unspecified atom stereocenters. The van der Waals surface area contributed by atoms with Crippen LogP contribution in [0.5, 0.6) is 11.5 Å². The van der Waals surface area contributed by atoms with Crippen LogP contribution in [0.3, 0.4) is 0 Å². The van der Waals surface area contributed by atoms with E-state index in [-0.39, 0.29) is 36.0 Å². The summed E-state index contributed by atoms with van der Waals surface area (Å²) in [6, 6.07) is 30.5. The second-order valence-corrected chi connectivity index (χ2v) is 11.1. The number of benzene rings is 4. The molecule has 3 heterocycles. The van der Waals surface area contributed by atoms with E-state index in [9.17, 15) is 14.0 Å². The van der Waals surface area contributed by atoms with Crippen molar-refractivity contribution in [3.05, 3.63) is 126 Å². The van der Waals surface area contributed by atoms with Crippen molar-refractivity contribution in [2.24, 2.45) is 5.92 Å². The number of rotatable bonds is 7. The average Bonchev–Trinajstić information content (AvgIpc) is 3.58. The predicted octanol–water partition coefficient (Wildman–Crippen LogP) is 7.19. The zero-order chi connectivity index (χ0) is 28.6. The second-order valence-electron chi connectivity index (χ2n) is 11.1. The van der Waals surface area contributed by atoms with E-state index in [1.165, 1.54) is 17.7 Å². The Morgan fingerprint density at radius 1 is 0.905 bits per heavy atom. The van der Waals surface area contributed by atoms with Crippen molar-refractivity contribution >= 4 is 28.4 Å². The zero-order valence-electron chi connectivity index (χ0n) is 22.9. The lowest BCUT2D eigenvalue weighted by atomic mass is 9.87. The molecule has 1 aromatic heterocycles. The van der Waals surface area contributed by atoms with Gasteiger partial charge in [-0.1, -0.05) is 48.5 Å². The van der Waals surface area contributed by atoms with E-state index in [1.807, 2.05) is 41.3 Å². The van der Waals surface area contributed by atoms with Crippen LogP contribution in [0.4, 0.5) is 10.1 Å². The first kappa shape index (κ1) is 26.0. The number of aromatic nitrogens is 1. The molecule has 4 aromatic carbocycles. The molecule has 7 heteroatoms. The molecule has 210 valence electrons. The fraction of sp³-hybridized carbons (Fsp3) is 0.200. The first-order chi connectivity index (χ1) is 20.5. The average molecular weight is 560 g/mol. The van der Waals surface area contributed by atoms with Crippen LogP contribution in [0, 0.1) is 11.7 Å². The zero-order valence-corrected chi connectivity index (χ0v) is 22.9. The van der Waals surface area contributed by atoms with Gasteiger partial charge in [-0.15, -0.1) is 0 Å². The lowest BCUT2D eigenvalue weighted by molar-refractivity contribution is -0.139. The third-order valence-electron chi connectivity index (χ3n) is 8.49. The number of nitrogens with zero attached hydrogens (tertiary/aromatic N) is 1. The van der Waals surface area contributed by atoms with Gasteiger partial charge >= 0.3 is 0 Å². The van der Waals surface area contributed by atoms with E-state index in [0.29, 0.717) is 23.6 Å². The highest BCUT2D eigenvalue weighted by Crippen LogP contribution is 2.48. The maximum Gasteiger partial charge on any atom is 0.247 e. The number of anilines is 1. The second kappa shape index (κ2) is 10.8. The molecule has 0 spiro atoms. The number of ether oxygens (including phenoxy) is 1.